The number of anilines is 1. The van der Waals surface area contributed by atoms with Gasteiger partial charge in [-0.2, -0.15) is 0 Å². The topological polar surface area (TPSA) is 54.9 Å². The molecule has 0 saturated carbocycles. The molecule has 2 rings (SSSR count). The molecule has 1 amide bonds. The summed E-state index contributed by atoms with van der Waals surface area (Å²) in [5.74, 6) is -0.160. The molecule has 0 aliphatic heterocycles. The summed E-state index contributed by atoms with van der Waals surface area (Å²) < 4.78 is 0.748. The number of aryl methyl sites for hydroxylation is 2. The number of pyridine rings is 2. The molecule has 0 spiro atoms. The number of carbonyl (C=O) groups excluding carboxylic acids is 1. The van der Waals surface area contributed by atoms with Crippen molar-refractivity contribution in [2.24, 2.45) is 0 Å². The molecule has 0 fully saturated rings. The Kier molecular flexibility index (Phi) is 3.72. The van der Waals surface area contributed by atoms with Crippen molar-refractivity contribution in [2.75, 3.05) is 5.32 Å². The number of nitrogens with zero attached hydrogens (tertiary/aromatic N) is 2. The number of amides is 1. The van der Waals surface area contributed by atoms with Crippen LogP contribution in [0.4, 0.5) is 5.69 Å². The van der Waals surface area contributed by atoms with Crippen LogP contribution in [0.3, 0.4) is 0 Å². The lowest BCUT2D eigenvalue weighted by atomic mass is 10.2. The zero-order valence-electron chi connectivity index (χ0n) is 10.1. The van der Waals surface area contributed by atoms with Crippen LogP contribution in [0.1, 0.15) is 21.7 Å². The van der Waals surface area contributed by atoms with Crippen LogP contribution in [0.15, 0.2) is 35.1 Å². The van der Waals surface area contributed by atoms with Gasteiger partial charge in [0.25, 0.3) is 5.91 Å². The van der Waals surface area contributed by atoms with Gasteiger partial charge < -0.3 is 5.32 Å². The first kappa shape index (κ1) is 12.7. The van der Waals surface area contributed by atoms with Crippen molar-refractivity contribution >= 4 is 27.5 Å². The minimum absolute atomic E-state index is 0.160. The Morgan fingerprint density at radius 1 is 1.28 bits per heavy atom. The van der Waals surface area contributed by atoms with Crippen molar-refractivity contribution in [3.8, 4) is 0 Å². The highest BCUT2D eigenvalue weighted by molar-refractivity contribution is 9.10. The van der Waals surface area contributed by atoms with Crippen molar-refractivity contribution in [3.63, 3.8) is 0 Å². The van der Waals surface area contributed by atoms with Gasteiger partial charge in [0.2, 0.25) is 0 Å². The van der Waals surface area contributed by atoms with Crippen LogP contribution in [-0.4, -0.2) is 15.9 Å². The van der Waals surface area contributed by atoms with E-state index < -0.39 is 0 Å². The molecule has 0 bridgehead atoms. The monoisotopic (exact) mass is 305 g/mol. The molecule has 1 N–H and O–H groups in total. The predicted molar refractivity (Wildman–Crippen MR) is 73.6 cm³/mol. The van der Waals surface area contributed by atoms with Gasteiger partial charge in [-0.3, -0.25) is 9.78 Å². The smallest absolute Gasteiger partial charge is 0.255 e. The van der Waals surface area contributed by atoms with Crippen LogP contribution in [0.25, 0.3) is 0 Å². The highest BCUT2D eigenvalue weighted by atomic mass is 79.9. The largest absolute Gasteiger partial charge is 0.320 e. The van der Waals surface area contributed by atoms with Crippen molar-refractivity contribution in [1.29, 1.82) is 0 Å². The van der Waals surface area contributed by atoms with Gasteiger partial charge in [0, 0.05) is 17.5 Å². The number of rotatable bonds is 2. The molecular formula is C13H12BrN3O. The zero-order valence-corrected chi connectivity index (χ0v) is 11.7. The first-order chi connectivity index (χ1) is 8.56. The molecule has 18 heavy (non-hydrogen) atoms. The third-order valence-corrected chi connectivity index (χ3v) is 2.90. The molecule has 2 heterocycles. The maximum atomic E-state index is 12.0. The molecule has 0 atom stereocenters. The third-order valence-electron chi connectivity index (χ3n) is 2.46. The second-order valence-electron chi connectivity index (χ2n) is 3.91. The van der Waals surface area contributed by atoms with Crippen LogP contribution >= 0.6 is 15.9 Å². The fourth-order valence-electron chi connectivity index (χ4n) is 1.54. The molecule has 0 aliphatic carbocycles. The zero-order chi connectivity index (χ0) is 13.1. The molecule has 4 nitrogen and oxygen atoms in total. The van der Waals surface area contributed by atoms with E-state index in [2.05, 4.69) is 31.2 Å². The van der Waals surface area contributed by atoms with Gasteiger partial charge in [0.1, 0.15) is 4.60 Å². The Balaban J connectivity index is 2.21. The highest BCUT2D eigenvalue weighted by Crippen LogP contribution is 2.17. The maximum absolute atomic E-state index is 12.0. The van der Waals surface area contributed by atoms with Gasteiger partial charge in [0.15, 0.2) is 0 Å². The average Bonchev–Trinajstić information content (AvgIpc) is 2.32. The number of aromatic nitrogens is 2. The molecule has 2 aromatic heterocycles. The van der Waals surface area contributed by atoms with E-state index in [-0.39, 0.29) is 5.91 Å². The number of hydrogen-bond donors (Lipinski definition) is 1. The minimum Gasteiger partial charge on any atom is -0.320 e. The van der Waals surface area contributed by atoms with E-state index in [1.807, 2.05) is 19.9 Å². The Morgan fingerprint density at radius 2 is 2.06 bits per heavy atom. The summed E-state index contributed by atoms with van der Waals surface area (Å²) in [4.78, 5) is 20.3. The molecular weight excluding hydrogens is 294 g/mol. The second-order valence-corrected chi connectivity index (χ2v) is 4.72. The Hall–Kier alpha value is -1.75. The summed E-state index contributed by atoms with van der Waals surface area (Å²) in [5, 5.41) is 2.83. The fraction of sp³-hybridized carbons (Fsp3) is 0.154. The van der Waals surface area contributed by atoms with Crippen molar-refractivity contribution in [3.05, 3.63) is 52.0 Å². The summed E-state index contributed by atoms with van der Waals surface area (Å²) in [6.07, 6.45) is 1.62. The Bertz CT molecular complexity index is 599. The molecule has 0 radical (unpaired) electrons. The third kappa shape index (κ3) is 2.92. The highest BCUT2D eigenvalue weighted by Gasteiger charge is 2.08. The molecule has 0 aliphatic rings. The van der Waals surface area contributed by atoms with E-state index in [9.17, 15) is 4.79 Å². The molecule has 2 aromatic rings. The van der Waals surface area contributed by atoms with Crippen molar-refractivity contribution < 1.29 is 4.79 Å². The van der Waals surface area contributed by atoms with Gasteiger partial charge in [-0.15, -0.1) is 0 Å². The van der Waals surface area contributed by atoms with Gasteiger partial charge in [0.05, 0.1) is 11.4 Å². The lowest BCUT2D eigenvalue weighted by Gasteiger charge is -2.08. The van der Waals surface area contributed by atoms with Gasteiger partial charge in [-0.1, -0.05) is 0 Å². The first-order valence-corrected chi connectivity index (χ1v) is 6.23. The standard InChI is InChI=1S/C13H12BrN3O/c1-8-7-10(5-6-15-8)13(18)17-11-3-4-12(14)16-9(11)2/h3-7H,1-2H3,(H,17,18). The van der Waals surface area contributed by atoms with E-state index in [0.29, 0.717) is 11.3 Å². The lowest BCUT2D eigenvalue weighted by Crippen LogP contribution is -2.13. The molecule has 0 unspecified atom stereocenters. The van der Waals surface area contributed by atoms with Crippen LogP contribution in [-0.2, 0) is 0 Å². The summed E-state index contributed by atoms with van der Waals surface area (Å²) in [6.45, 7) is 3.70. The Labute approximate surface area is 114 Å². The number of halogens is 1. The van der Waals surface area contributed by atoms with Gasteiger partial charge >= 0.3 is 0 Å². The van der Waals surface area contributed by atoms with Crippen molar-refractivity contribution in [1.82, 2.24) is 9.97 Å². The van der Waals surface area contributed by atoms with E-state index in [1.54, 1.807) is 24.4 Å². The summed E-state index contributed by atoms with van der Waals surface area (Å²) >= 11 is 3.28. The van der Waals surface area contributed by atoms with E-state index in [4.69, 9.17) is 0 Å². The molecule has 92 valence electrons. The predicted octanol–water partition coefficient (Wildman–Crippen LogP) is 3.11. The van der Waals surface area contributed by atoms with E-state index in [1.165, 1.54) is 0 Å². The average molecular weight is 306 g/mol. The van der Waals surface area contributed by atoms with Crippen LogP contribution in [0, 0.1) is 13.8 Å². The number of hydrogen-bond acceptors (Lipinski definition) is 3. The molecule has 0 aromatic carbocycles. The minimum atomic E-state index is -0.160. The number of carbonyl (C=O) groups is 1. The summed E-state index contributed by atoms with van der Waals surface area (Å²) in [6, 6.07) is 7.04. The summed E-state index contributed by atoms with van der Waals surface area (Å²) in [5.41, 5.74) is 2.87. The molecule has 5 heteroatoms. The first-order valence-electron chi connectivity index (χ1n) is 5.43. The number of nitrogens with one attached hydrogen (secondary N) is 1. The van der Waals surface area contributed by atoms with Crippen LogP contribution < -0.4 is 5.32 Å². The normalized spacial score (nSPS) is 10.2. The van der Waals surface area contributed by atoms with Crippen LogP contribution in [0.5, 0.6) is 0 Å². The quantitative estimate of drug-likeness (QED) is 0.867. The molecule has 0 saturated heterocycles. The summed E-state index contributed by atoms with van der Waals surface area (Å²) in [7, 11) is 0. The van der Waals surface area contributed by atoms with E-state index >= 15 is 0 Å². The van der Waals surface area contributed by atoms with Crippen LogP contribution in [0.2, 0.25) is 0 Å². The Morgan fingerprint density at radius 3 is 2.72 bits per heavy atom. The van der Waals surface area contributed by atoms with Crippen molar-refractivity contribution in [2.45, 2.75) is 13.8 Å². The van der Waals surface area contributed by atoms with Gasteiger partial charge in [-0.25, -0.2) is 4.98 Å². The lowest BCUT2D eigenvalue weighted by molar-refractivity contribution is 0.102. The van der Waals surface area contributed by atoms with Gasteiger partial charge in [-0.05, 0) is 54.0 Å². The SMILES string of the molecule is Cc1cc(C(=O)Nc2ccc(Br)nc2C)ccn1. The second kappa shape index (κ2) is 5.27. The van der Waals surface area contributed by atoms with E-state index in [0.717, 1.165) is 16.0 Å². The maximum Gasteiger partial charge on any atom is 0.255 e. The fourth-order valence-corrected chi connectivity index (χ4v) is 1.94.